The monoisotopic (exact) mass is 233 g/mol. The summed E-state index contributed by atoms with van der Waals surface area (Å²) in [6, 6.07) is 9.62. The van der Waals surface area contributed by atoms with Crippen LogP contribution in [0.1, 0.15) is 50.2 Å². The Hall–Kier alpha value is -0.820. The fourth-order valence-electron chi connectivity index (χ4n) is 2.17. The third-order valence-corrected chi connectivity index (χ3v) is 3.47. The van der Waals surface area contributed by atoms with Crippen LogP contribution in [0.3, 0.4) is 0 Å². The lowest BCUT2D eigenvalue weighted by molar-refractivity contribution is 0.465. The molecule has 0 saturated heterocycles. The van der Waals surface area contributed by atoms with Gasteiger partial charge in [0.1, 0.15) is 0 Å². The molecule has 0 aromatic heterocycles. The standard InChI is InChI=1S/C16H27N/c1-4-5-6-7-16(17-3)13-12-15-10-8-14(2)9-11-15/h8-11,16-17H,4-7,12-13H2,1-3H3. The molecule has 0 spiro atoms. The first-order valence-corrected chi connectivity index (χ1v) is 6.99. The van der Waals surface area contributed by atoms with E-state index in [1.165, 1.54) is 49.7 Å². The molecule has 1 aromatic rings. The lowest BCUT2D eigenvalue weighted by Crippen LogP contribution is -2.25. The first-order valence-electron chi connectivity index (χ1n) is 6.99. The van der Waals surface area contributed by atoms with Crippen molar-refractivity contribution in [2.75, 3.05) is 7.05 Å². The smallest absolute Gasteiger partial charge is 0.00672 e. The highest BCUT2D eigenvalue weighted by molar-refractivity contribution is 5.21. The van der Waals surface area contributed by atoms with Gasteiger partial charge in [-0.05, 0) is 38.8 Å². The van der Waals surface area contributed by atoms with Gasteiger partial charge in [0, 0.05) is 6.04 Å². The van der Waals surface area contributed by atoms with Gasteiger partial charge in [0.25, 0.3) is 0 Å². The molecular weight excluding hydrogens is 206 g/mol. The van der Waals surface area contributed by atoms with Crippen LogP contribution in [0, 0.1) is 6.92 Å². The van der Waals surface area contributed by atoms with Gasteiger partial charge in [0.2, 0.25) is 0 Å². The van der Waals surface area contributed by atoms with E-state index in [-0.39, 0.29) is 0 Å². The molecule has 1 N–H and O–H groups in total. The van der Waals surface area contributed by atoms with Gasteiger partial charge in [-0.3, -0.25) is 0 Å². The highest BCUT2D eigenvalue weighted by Crippen LogP contribution is 2.11. The molecule has 96 valence electrons. The average Bonchev–Trinajstić information content (AvgIpc) is 2.35. The summed E-state index contributed by atoms with van der Waals surface area (Å²) in [6.45, 7) is 4.41. The summed E-state index contributed by atoms with van der Waals surface area (Å²) < 4.78 is 0. The van der Waals surface area contributed by atoms with E-state index in [2.05, 4.69) is 50.5 Å². The van der Waals surface area contributed by atoms with E-state index in [4.69, 9.17) is 0 Å². The van der Waals surface area contributed by atoms with E-state index in [0.717, 1.165) is 0 Å². The van der Waals surface area contributed by atoms with Gasteiger partial charge in [-0.15, -0.1) is 0 Å². The van der Waals surface area contributed by atoms with Crippen LogP contribution in [-0.2, 0) is 6.42 Å². The molecule has 1 heteroatoms. The molecule has 1 rings (SSSR count). The van der Waals surface area contributed by atoms with E-state index in [9.17, 15) is 0 Å². The van der Waals surface area contributed by atoms with Crippen LogP contribution in [0.15, 0.2) is 24.3 Å². The van der Waals surface area contributed by atoms with Crippen LogP contribution < -0.4 is 5.32 Å². The molecule has 1 unspecified atom stereocenters. The summed E-state index contributed by atoms with van der Waals surface area (Å²) >= 11 is 0. The van der Waals surface area contributed by atoms with Crippen LogP contribution in [0.5, 0.6) is 0 Å². The third-order valence-electron chi connectivity index (χ3n) is 3.47. The molecule has 0 fully saturated rings. The zero-order chi connectivity index (χ0) is 12.5. The Bertz CT molecular complexity index is 289. The molecule has 0 saturated carbocycles. The number of rotatable bonds is 8. The van der Waals surface area contributed by atoms with Crippen molar-refractivity contribution in [1.82, 2.24) is 5.32 Å². The first-order chi connectivity index (χ1) is 8.26. The SMILES string of the molecule is CCCCCC(CCc1ccc(C)cc1)NC. The summed E-state index contributed by atoms with van der Waals surface area (Å²) in [7, 11) is 2.09. The minimum atomic E-state index is 0.683. The summed E-state index contributed by atoms with van der Waals surface area (Å²) in [6.07, 6.45) is 7.80. The van der Waals surface area contributed by atoms with Gasteiger partial charge in [-0.25, -0.2) is 0 Å². The van der Waals surface area contributed by atoms with Crippen LogP contribution in [0.25, 0.3) is 0 Å². The van der Waals surface area contributed by atoms with Crippen molar-refractivity contribution in [3.63, 3.8) is 0 Å². The van der Waals surface area contributed by atoms with E-state index in [1.807, 2.05) is 0 Å². The highest BCUT2D eigenvalue weighted by Gasteiger charge is 2.05. The lowest BCUT2D eigenvalue weighted by Gasteiger charge is -2.15. The van der Waals surface area contributed by atoms with Crippen molar-refractivity contribution in [2.24, 2.45) is 0 Å². The van der Waals surface area contributed by atoms with Gasteiger partial charge in [-0.2, -0.15) is 0 Å². The van der Waals surface area contributed by atoms with Crippen molar-refractivity contribution < 1.29 is 0 Å². The van der Waals surface area contributed by atoms with Gasteiger partial charge in [0.05, 0.1) is 0 Å². The maximum atomic E-state index is 3.44. The number of unbranched alkanes of at least 4 members (excludes halogenated alkanes) is 2. The number of hydrogen-bond acceptors (Lipinski definition) is 1. The van der Waals surface area contributed by atoms with Gasteiger partial charge in [0.15, 0.2) is 0 Å². The highest BCUT2D eigenvalue weighted by atomic mass is 14.9. The summed E-state index contributed by atoms with van der Waals surface area (Å²) in [5.74, 6) is 0. The van der Waals surface area contributed by atoms with Crippen LogP contribution >= 0.6 is 0 Å². The Balaban J connectivity index is 2.29. The average molecular weight is 233 g/mol. The fraction of sp³-hybridized carbons (Fsp3) is 0.625. The summed E-state index contributed by atoms with van der Waals surface area (Å²) in [5, 5.41) is 3.44. The summed E-state index contributed by atoms with van der Waals surface area (Å²) in [5.41, 5.74) is 2.81. The molecule has 0 aliphatic rings. The minimum Gasteiger partial charge on any atom is -0.317 e. The molecule has 0 aliphatic heterocycles. The lowest BCUT2D eigenvalue weighted by atomic mass is 10.00. The Morgan fingerprint density at radius 2 is 1.76 bits per heavy atom. The van der Waals surface area contributed by atoms with Crippen LogP contribution in [0.4, 0.5) is 0 Å². The zero-order valence-electron chi connectivity index (χ0n) is 11.6. The second-order valence-electron chi connectivity index (χ2n) is 5.01. The molecule has 17 heavy (non-hydrogen) atoms. The zero-order valence-corrected chi connectivity index (χ0v) is 11.6. The molecule has 0 amide bonds. The molecule has 0 heterocycles. The third kappa shape index (κ3) is 5.88. The van der Waals surface area contributed by atoms with Crippen molar-refractivity contribution in [1.29, 1.82) is 0 Å². The predicted molar refractivity (Wildman–Crippen MR) is 76.5 cm³/mol. The number of hydrogen-bond donors (Lipinski definition) is 1. The number of aryl methyl sites for hydroxylation is 2. The second-order valence-corrected chi connectivity index (χ2v) is 5.01. The Labute approximate surface area is 107 Å². The molecule has 0 bridgehead atoms. The molecule has 1 aromatic carbocycles. The normalized spacial score (nSPS) is 12.6. The van der Waals surface area contributed by atoms with Crippen molar-refractivity contribution in [3.8, 4) is 0 Å². The van der Waals surface area contributed by atoms with Crippen molar-refractivity contribution in [3.05, 3.63) is 35.4 Å². The molecular formula is C16H27N. The van der Waals surface area contributed by atoms with Gasteiger partial charge < -0.3 is 5.32 Å². The van der Waals surface area contributed by atoms with Gasteiger partial charge >= 0.3 is 0 Å². The first kappa shape index (κ1) is 14.2. The quantitative estimate of drug-likeness (QED) is 0.667. The Morgan fingerprint density at radius 1 is 1.06 bits per heavy atom. The number of nitrogens with one attached hydrogen (secondary N) is 1. The molecule has 0 aliphatic carbocycles. The largest absolute Gasteiger partial charge is 0.317 e. The van der Waals surface area contributed by atoms with Crippen molar-refractivity contribution in [2.45, 2.75) is 58.4 Å². The van der Waals surface area contributed by atoms with Gasteiger partial charge in [-0.1, -0.05) is 56.0 Å². The maximum absolute atomic E-state index is 3.44. The molecule has 1 atom stereocenters. The minimum absolute atomic E-state index is 0.683. The predicted octanol–water partition coefficient (Wildman–Crippen LogP) is 4.10. The Kier molecular flexibility index (Phi) is 6.95. The topological polar surface area (TPSA) is 12.0 Å². The van der Waals surface area contributed by atoms with Crippen LogP contribution in [-0.4, -0.2) is 13.1 Å². The number of benzene rings is 1. The molecule has 0 radical (unpaired) electrons. The Morgan fingerprint density at radius 3 is 2.35 bits per heavy atom. The second kappa shape index (κ2) is 8.30. The molecule has 1 nitrogen and oxygen atoms in total. The van der Waals surface area contributed by atoms with Crippen molar-refractivity contribution >= 4 is 0 Å². The van der Waals surface area contributed by atoms with E-state index >= 15 is 0 Å². The maximum Gasteiger partial charge on any atom is 0.00672 e. The van der Waals surface area contributed by atoms with E-state index < -0.39 is 0 Å². The summed E-state index contributed by atoms with van der Waals surface area (Å²) in [4.78, 5) is 0. The fourth-order valence-corrected chi connectivity index (χ4v) is 2.17. The van der Waals surface area contributed by atoms with E-state index in [1.54, 1.807) is 0 Å². The van der Waals surface area contributed by atoms with Crippen LogP contribution in [0.2, 0.25) is 0 Å². The van der Waals surface area contributed by atoms with E-state index in [0.29, 0.717) is 6.04 Å².